The van der Waals surface area contributed by atoms with Gasteiger partial charge in [0, 0.05) is 24.6 Å². The summed E-state index contributed by atoms with van der Waals surface area (Å²) in [5.74, 6) is -0.622. The van der Waals surface area contributed by atoms with Gasteiger partial charge in [0.05, 0.1) is 6.10 Å². The Balaban J connectivity index is 1.97. The molecular formula is C20H22FNO3. The fourth-order valence-electron chi connectivity index (χ4n) is 3.59. The van der Waals surface area contributed by atoms with Crippen LogP contribution in [-0.4, -0.2) is 34.3 Å². The number of halogens is 1. The number of carboxylic acid groups (broad SMARTS) is 1. The maximum atomic E-state index is 14.6. The van der Waals surface area contributed by atoms with Gasteiger partial charge in [-0.15, -0.1) is 0 Å². The van der Waals surface area contributed by atoms with E-state index in [4.69, 9.17) is 0 Å². The van der Waals surface area contributed by atoms with Gasteiger partial charge in [0.1, 0.15) is 5.82 Å². The molecule has 1 amide bonds. The summed E-state index contributed by atoms with van der Waals surface area (Å²) in [7, 11) is 0. The normalized spacial score (nSPS) is 18.8. The van der Waals surface area contributed by atoms with Gasteiger partial charge in [-0.05, 0) is 37.0 Å². The molecular weight excluding hydrogens is 321 g/mol. The van der Waals surface area contributed by atoms with Gasteiger partial charge in [-0.3, -0.25) is 0 Å². The van der Waals surface area contributed by atoms with Gasteiger partial charge in [-0.1, -0.05) is 42.0 Å². The Morgan fingerprint density at radius 2 is 2.04 bits per heavy atom. The highest BCUT2D eigenvalue weighted by Gasteiger charge is 2.31. The molecule has 4 nitrogen and oxygen atoms in total. The van der Waals surface area contributed by atoms with Crippen LogP contribution in [0.25, 0.3) is 11.1 Å². The van der Waals surface area contributed by atoms with E-state index in [0.717, 1.165) is 11.1 Å². The number of nitrogens with zero attached hydrogens (tertiary/aromatic N) is 1. The fraction of sp³-hybridized carbons (Fsp3) is 0.350. The Hall–Kier alpha value is -2.40. The van der Waals surface area contributed by atoms with Crippen LogP contribution in [0.3, 0.4) is 0 Å². The molecule has 1 aliphatic heterocycles. The van der Waals surface area contributed by atoms with E-state index >= 15 is 0 Å². The number of aliphatic hydroxyl groups is 1. The molecule has 2 N–H and O–H groups in total. The Morgan fingerprint density at radius 3 is 2.76 bits per heavy atom. The third kappa shape index (κ3) is 3.66. The number of benzene rings is 2. The number of hydrogen-bond donors (Lipinski definition) is 2. The molecule has 3 rings (SSSR count). The van der Waals surface area contributed by atoms with Crippen LogP contribution in [-0.2, 0) is 0 Å². The molecule has 0 saturated carbocycles. The van der Waals surface area contributed by atoms with Gasteiger partial charge < -0.3 is 15.1 Å². The standard InChI is InChI=1S/C20H22FNO3/c1-13-5-2-6-14(11-13)18-16(8-3-9-17(18)21)19(23)15-7-4-10-22(12-15)20(24)25/h2-3,5-6,8-9,11,15,19,23H,4,7,10,12H2,1H3,(H,24,25). The fourth-order valence-corrected chi connectivity index (χ4v) is 3.59. The largest absolute Gasteiger partial charge is 0.465 e. The quantitative estimate of drug-likeness (QED) is 0.877. The SMILES string of the molecule is Cc1cccc(-c2c(F)cccc2C(O)C2CCCN(C(=O)O)C2)c1. The number of rotatable bonds is 3. The van der Waals surface area contributed by atoms with E-state index in [-0.39, 0.29) is 18.3 Å². The lowest BCUT2D eigenvalue weighted by Gasteiger charge is -2.34. The van der Waals surface area contributed by atoms with Crippen molar-refractivity contribution in [2.24, 2.45) is 5.92 Å². The van der Waals surface area contributed by atoms with Crippen LogP contribution < -0.4 is 0 Å². The molecule has 1 aliphatic rings. The monoisotopic (exact) mass is 343 g/mol. The van der Waals surface area contributed by atoms with Crippen LogP contribution in [0.15, 0.2) is 42.5 Å². The highest BCUT2D eigenvalue weighted by Crippen LogP contribution is 2.37. The minimum absolute atomic E-state index is 0.241. The first kappa shape index (κ1) is 17.4. The number of aliphatic hydroxyl groups excluding tert-OH is 1. The number of aryl methyl sites for hydroxylation is 1. The molecule has 0 aliphatic carbocycles. The summed E-state index contributed by atoms with van der Waals surface area (Å²) in [5.41, 5.74) is 2.64. The van der Waals surface area contributed by atoms with Crippen molar-refractivity contribution in [3.05, 3.63) is 59.4 Å². The third-order valence-electron chi connectivity index (χ3n) is 4.85. The summed E-state index contributed by atoms with van der Waals surface area (Å²) in [5, 5.41) is 20.1. The predicted molar refractivity (Wildman–Crippen MR) is 93.9 cm³/mol. The van der Waals surface area contributed by atoms with Crippen LogP contribution in [0.5, 0.6) is 0 Å². The van der Waals surface area contributed by atoms with E-state index in [2.05, 4.69) is 0 Å². The summed E-state index contributed by atoms with van der Waals surface area (Å²) in [4.78, 5) is 12.5. The average Bonchev–Trinajstić information content (AvgIpc) is 2.61. The Kier molecular flexibility index (Phi) is 5.04. The Labute approximate surface area is 146 Å². The molecule has 1 heterocycles. The second kappa shape index (κ2) is 7.23. The molecule has 132 valence electrons. The molecule has 25 heavy (non-hydrogen) atoms. The van der Waals surface area contributed by atoms with Gasteiger partial charge in [0.15, 0.2) is 0 Å². The molecule has 5 heteroatoms. The van der Waals surface area contributed by atoms with Crippen LogP contribution >= 0.6 is 0 Å². The number of amides is 1. The molecule has 0 radical (unpaired) electrons. The van der Waals surface area contributed by atoms with E-state index in [0.29, 0.717) is 30.5 Å². The number of likely N-dealkylation sites (tertiary alicyclic amines) is 1. The molecule has 2 aromatic carbocycles. The summed E-state index contributed by atoms with van der Waals surface area (Å²) < 4.78 is 14.6. The van der Waals surface area contributed by atoms with Crippen LogP contribution in [0.2, 0.25) is 0 Å². The number of piperidine rings is 1. The maximum Gasteiger partial charge on any atom is 0.407 e. The lowest BCUT2D eigenvalue weighted by molar-refractivity contribution is 0.0504. The highest BCUT2D eigenvalue weighted by atomic mass is 19.1. The molecule has 1 saturated heterocycles. The van der Waals surface area contributed by atoms with Gasteiger partial charge in [-0.2, -0.15) is 0 Å². The van der Waals surface area contributed by atoms with Crippen molar-refractivity contribution in [1.82, 2.24) is 4.90 Å². The van der Waals surface area contributed by atoms with E-state index in [1.807, 2.05) is 31.2 Å². The van der Waals surface area contributed by atoms with Gasteiger partial charge >= 0.3 is 6.09 Å². The molecule has 0 bridgehead atoms. The van der Waals surface area contributed by atoms with E-state index < -0.39 is 12.2 Å². The zero-order chi connectivity index (χ0) is 18.0. The van der Waals surface area contributed by atoms with Gasteiger partial charge in [0.25, 0.3) is 0 Å². The number of hydrogen-bond acceptors (Lipinski definition) is 2. The molecule has 2 aromatic rings. The Morgan fingerprint density at radius 1 is 1.28 bits per heavy atom. The first-order chi connectivity index (χ1) is 12.0. The second-order valence-corrected chi connectivity index (χ2v) is 6.65. The molecule has 0 aromatic heterocycles. The molecule has 2 atom stereocenters. The van der Waals surface area contributed by atoms with Crippen molar-refractivity contribution in [2.45, 2.75) is 25.9 Å². The maximum absolute atomic E-state index is 14.6. The summed E-state index contributed by atoms with van der Waals surface area (Å²) in [6.07, 6.45) is -0.471. The smallest absolute Gasteiger partial charge is 0.407 e. The third-order valence-corrected chi connectivity index (χ3v) is 4.85. The Bertz CT molecular complexity index is 777. The average molecular weight is 343 g/mol. The van der Waals surface area contributed by atoms with Crippen molar-refractivity contribution in [3.8, 4) is 11.1 Å². The van der Waals surface area contributed by atoms with Crippen LogP contribution in [0.4, 0.5) is 9.18 Å². The van der Waals surface area contributed by atoms with Crippen LogP contribution in [0, 0.1) is 18.7 Å². The van der Waals surface area contributed by atoms with Crippen molar-refractivity contribution in [1.29, 1.82) is 0 Å². The van der Waals surface area contributed by atoms with E-state index in [1.165, 1.54) is 11.0 Å². The predicted octanol–water partition coefficient (Wildman–Crippen LogP) is 4.22. The van der Waals surface area contributed by atoms with E-state index in [1.54, 1.807) is 12.1 Å². The molecule has 0 spiro atoms. The van der Waals surface area contributed by atoms with E-state index in [9.17, 15) is 19.4 Å². The molecule has 2 unspecified atom stereocenters. The minimum atomic E-state index is -0.977. The summed E-state index contributed by atoms with van der Waals surface area (Å²) >= 11 is 0. The van der Waals surface area contributed by atoms with Crippen molar-refractivity contribution in [2.75, 3.05) is 13.1 Å². The topological polar surface area (TPSA) is 60.8 Å². The summed E-state index contributed by atoms with van der Waals surface area (Å²) in [6, 6.07) is 12.2. The molecule has 1 fully saturated rings. The zero-order valence-corrected chi connectivity index (χ0v) is 14.2. The van der Waals surface area contributed by atoms with Crippen molar-refractivity contribution < 1.29 is 19.4 Å². The zero-order valence-electron chi connectivity index (χ0n) is 14.2. The highest BCUT2D eigenvalue weighted by molar-refractivity contribution is 5.69. The first-order valence-corrected chi connectivity index (χ1v) is 8.48. The minimum Gasteiger partial charge on any atom is -0.465 e. The van der Waals surface area contributed by atoms with Crippen LogP contribution in [0.1, 0.15) is 30.1 Å². The lowest BCUT2D eigenvalue weighted by Crippen LogP contribution is -2.41. The van der Waals surface area contributed by atoms with Gasteiger partial charge in [-0.25, -0.2) is 9.18 Å². The lowest BCUT2D eigenvalue weighted by atomic mass is 9.85. The van der Waals surface area contributed by atoms with Gasteiger partial charge in [0.2, 0.25) is 0 Å². The number of carbonyl (C=O) groups is 1. The summed E-state index contributed by atoms with van der Waals surface area (Å²) in [6.45, 7) is 2.68. The van der Waals surface area contributed by atoms with Crippen molar-refractivity contribution >= 4 is 6.09 Å². The van der Waals surface area contributed by atoms with Crippen molar-refractivity contribution in [3.63, 3.8) is 0 Å². The second-order valence-electron chi connectivity index (χ2n) is 6.65. The first-order valence-electron chi connectivity index (χ1n) is 8.48.